The van der Waals surface area contributed by atoms with Gasteiger partial charge in [-0.15, -0.1) is 10.2 Å². The fourth-order valence-corrected chi connectivity index (χ4v) is 7.68. The highest BCUT2D eigenvalue weighted by Gasteiger charge is 2.33. The van der Waals surface area contributed by atoms with Gasteiger partial charge in [-0.1, -0.05) is 66.7 Å². The molecule has 2 aliphatic rings. The molecule has 19 heteroatoms. The molecule has 18 nitrogen and oxygen atoms in total. The van der Waals surface area contributed by atoms with Crippen LogP contribution in [-0.4, -0.2) is 91.6 Å². The van der Waals surface area contributed by atoms with E-state index in [0.29, 0.717) is 73.3 Å². The smallest absolute Gasteiger partial charge is 0.319 e. The lowest BCUT2D eigenvalue weighted by Crippen LogP contribution is -2.40. The van der Waals surface area contributed by atoms with Crippen LogP contribution >= 0.6 is 0 Å². The van der Waals surface area contributed by atoms with Gasteiger partial charge in [0.2, 0.25) is 21.8 Å². The number of amides is 2. The number of nitrogens with one attached hydrogen (secondary N) is 3. The Morgan fingerprint density at radius 1 is 0.982 bits per heavy atom. The third kappa shape index (κ3) is 8.15. The van der Waals surface area contributed by atoms with Crippen LogP contribution in [0.5, 0.6) is 0 Å². The fourth-order valence-electron chi connectivity index (χ4n) is 7.12. The molecule has 6 aromatic rings. The minimum absolute atomic E-state index is 0.0168. The molecular weight excluding hydrogens is 739 g/mol. The first-order valence-corrected chi connectivity index (χ1v) is 19.8. The van der Waals surface area contributed by atoms with Crippen molar-refractivity contribution in [3.63, 3.8) is 0 Å². The number of aromatic nitrogens is 8. The molecule has 2 aliphatic heterocycles. The van der Waals surface area contributed by atoms with Crippen LogP contribution in [0, 0.1) is 0 Å². The summed E-state index contributed by atoms with van der Waals surface area (Å²) in [4.78, 5) is 31.1. The molecular formula is C37H41N13O5S. The highest BCUT2D eigenvalue weighted by Crippen LogP contribution is 2.39. The monoisotopic (exact) mass is 779 g/mol. The second-order valence-electron chi connectivity index (χ2n) is 13.7. The number of urea groups is 1. The van der Waals surface area contributed by atoms with Crippen molar-refractivity contribution in [2.24, 2.45) is 5.14 Å². The van der Waals surface area contributed by atoms with Gasteiger partial charge in [0, 0.05) is 37.3 Å². The summed E-state index contributed by atoms with van der Waals surface area (Å²) in [5, 5.41) is 36.4. The van der Waals surface area contributed by atoms with Gasteiger partial charge in [0.05, 0.1) is 24.4 Å². The van der Waals surface area contributed by atoms with Crippen molar-refractivity contribution < 1.29 is 23.1 Å². The lowest BCUT2D eigenvalue weighted by atomic mass is 9.91. The summed E-state index contributed by atoms with van der Waals surface area (Å²) in [7, 11) is -3.93. The topological polar surface area (TPSA) is 233 Å². The number of fused-ring (bicyclic) bond motifs is 1. The second-order valence-corrected chi connectivity index (χ2v) is 15.2. The summed E-state index contributed by atoms with van der Waals surface area (Å²) in [5.74, 6) is 1.50. The van der Waals surface area contributed by atoms with Crippen molar-refractivity contribution in [3.8, 4) is 0 Å². The van der Waals surface area contributed by atoms with Gasteiger partial charge in [-0.25, -0.2) is 23.3 Å². The number of anilines is 3. The number of aliphatic hydroxyl groups excluding tert-OH is 1. The third-order valence-electron chi connectivity index (χ3n) is 9.88. The Morgan fingerprint density at radius 3 is 2.48 bits per heavy atom. The van der Waals surface area contributed by atoms with E-state index >= 15 is 0 Å². The Bertz CT molecular complexity index is 2370. The Kier molecular flexibility index (Phi) is 10.5. The van der Waals surface area contributed by atoms with Crippen molar-refractivity contribution in [2.75, 3.05) is 41.8 Å². The molecule has 0 bridgehead atoms. The van der Waals surface area contributed by atoms with Gasteiger partial charge in [0.15, 0.2) is 17.0 Å². The van der Waals surface area contributed by atoms with Crippen LogP contribution in [0.4, 0.5) is 22.2 Å². The fraction of sp³-hybridized carbons (Fsp3) is 0.324. The molecule has 2 amide bonds. The van der Waals surface area contributed by atoms with Crippen LogP contribution in [0.25, 0.3) is 11.2 Å². The average molecular weight is 780 g/mol. The number of carbonyl (C=O) groups excluding carboxylic acids is 1. The molecule has 0 saturated carbocycles. The number of hydrogen-bond donors (Lipinski definition) is 5. The van der Waals surface area contributed by atoms with Crippen molar-refractivity contribution >= 4 is 44.7 Å². The highest BCUT2D eigenvalue weighted by atomic mass is 32.2. The van der Waals surface area contributed by atoms with Crippen molar-refractivity contribution in [1.82, 2.24) is 45.0 Å². The second kappa shape index (κ2) is 16.0. The van der Waals surface area contributed by atoms with Crippen molar-refractivity contribution in [1.29, 1.82) is 0 Å². The van der Waals surface area contributed by atoms with Gasteiger partial charge in [0.1, 0.15) is 12.3 Å². The molecule has 5 heterocycles. The van der Waals surface area contributed by atoms with Gasteiger partial charge < -0.3 is 30.7 Å². The van der Waals surface area contributed by atoms with E-state index in [0.717, 1.165) is 11.1 Å². The molecule has 0 spiro atoms. The van der Waals surface area contributed by atoms with Crippen LogP contribution in [-0.2, 0) is 21.3 Å². The first kappa shape index (κ1) is 36.9. The molecule has 290 valence electrons. The van der Waals surface area contributed by atoms with E-state index in [1.807, 2.05) is 45.9 Å². The first-order chi connectivity index (χ1) is 27.2. The van der Waals surface area contributed by atoms with E-state index in [1.54, 1.807) is 12.4 Å². The summed E-state index contributed by atoms with van der Waals surface area (Å²) in [6.45, 7) is 1.67. The highest BCUT2D eigenvalue weighted by molar-refractivity contribution is 7.89. The predicted octanol–water partition coefficient (Wildman–Crippen LogP) is 3.15. The summed E-state index contributed by atoms with van der Waals surface area (Å²) in [6.07, 6.45) is 2.85. The average Bonchev–Trinajstić information content (AvgIpc) is 4.03. The summed E-state index contributed by atoms with van der Waals surface area (Å²) in [6, 6.07) is 25.6. The minimum atomic E-state index is -3.93. The number of benzene rings is 3. The summed E-state index contributed by atoms with van der Waals surface area (Å²) >= 11 is 0. The predicted molar refractivity (Wildman–Crippen MR) is 206 cm³/mol. The van der Waals surface area contributed by atoms with Gasteiger partial charge in [-0.05, 0) is 53.8 Å². The maximum absolute atomic E-state index is 13.0. The number of tetrazole rings is 1. The molecule has 56 heavy (non-hydrogen) atoms. The Balaban J connectivity index is 1.05. The molecule has 3 aromatic carbocycles. The number of nitrogens with zero attached hydrogens (tertiary/aromatic N) is 9. The number of primary sulfonamides is 1. The van der Waals surface area contributed by atoms with Crippen LogP contribution in [0.3, 0.4) is 0 Å². The first-order valence-electron chi connectivity index (χ1n) is 18.3. The lowest BCUT2D eigenvalue weighted by Gasteiger charge is -2.21. The van der Waals surface area contributed by atoms with Crippen LogP contribution in [0.2, 0.25) is 0 Å². The van der Waals surface area contributed by atoms with Crippen LogP contribution < -0.4 is 26.0 Å². The number of imidazole rings is 1. The number of ether oxygens (including phenoxy) is 1. The molecule has 0 radical (unpaired) electrons. The van der Waals surface area contributed by atoms with Gasteiger partial charge in [0.25, 0.3) is 0 Å². The Hall–Kier alpha value is -6.02. The minimum Gasteiger partial charge on any atom is -0.394 e. The number of carbonyl (C=O) groups is 1. The largest absolute Gasteiger partial charge is 0.394 e. The van der Waals surface area contributed by atoms with Crippen molar-refractivity contribution in [2.45, 2.75) is 55.0 Å². The molecule has 0 unspecified atom stereocenters. The maximum Gasteiger partial charge on any atom is 0.319 e. The number of aliphatic hydroxyl groups is 1. The lowest BCUT2D eigenvalue weighted by molar-refractivity contribution is -0.00101. The number of nitrogens with two attached hydrogens (primary N) is 1. The van der Waals surface area contributed by atoms with Gasteiger partial charge >= 0.3 is 6.03 Å². The third-order valence-corrected chi connectivity index (χ3v) is 10.8. The zero-order chi connectivity index (χ0) is 38.6. The normalized spacial score (nSPS) is 18.5. The summed E-state index contributed by atoms with van der Waals surface area (Å²) < 4.78 is 32.0. The molecule has 0 aliphatic carbocycles. The molecule has 8 rings (SSSR count). The number of hydrogen-bond acceptors (Lipinski definition) is 13. The van der Waals surface area contributed by atoms with Crippen LogP contribution in [0.15, 0.2) is 96.2 Å². The van der Waals surface area contributed by atoms with E-state index in [-0.39, 0.29) is 36.1 Å². The number of sulfonamides is 1. The zero-order valence-electron chi connectivity index (χ0n) is 30.2. The molecule has 2 fully saturated rings. The maximum atomic E-state index is 13.0. The van der Waals surface area contributed by atoms with Crippen LogP contribution in [0.1, 0.15) is 54.5 Å². The molecule has 6 N–H and O–H groups in total. The molecule has 3 aromatic heterocycles. The molecule has 3 atom stereocenters. The zero-order valence-corrected chi connectivity index (χ0v) is 31.0. The van der Waals surface area contributed by atoms with Gasteiger partial charge in [-0.2, -0.15) is 14.8 Å². The summed E-state index contributed by atoms with van der Waals surface area (Å²) in [5.41, 5.74) is 3.77. The van der Waals surface area contributed by atoms with Crippen molar-refractivity contribution in [3.05, 3.63) is 108 Å². The van der Waals surface area contributed by atoms with E-state index in [2.05, 4.69) is 55.6 Å². The Labute approximate surface area is 322 Å². The van der Waals surface area contributed by atoms with E-state index in [4.69, 9.17) is 24.8 Å². The SMILES string of the molecule is NS(=O)(=O)c1cccc(NC(=O)N[C@@H]2CCN(c3nc(NCC(c4ccccc4)c4ccccc4)c4ncn([C@H]5CC[C@H](c6nnn(CCO)n6)O5)c4n3)C2)c1. The Morgan fingerprint density at radius 2 is 1.75 bits per heavy atom. The standard InChI is InChI=1S/C37H41N13O5S/c38-56(53,54)28-13-7-12-26(20-28)41-37(52)42-27-16-17-48(22-27)36-43-34(39-21-29(24-8-3-1-4-9-24)25-10-5-2-6-11-25)32-35(44-36)49(23-40-32)31-15-14-30(55-31)33-45-47-50(46-33)18-19-51/h1-13,20,23,27,29-31,51H,14-19,21-22H2,(H2,38,53,54)(H,39,43,44)(H2,41,42,52)/t27-,30-,31-/m1/s1. The van der Waals surface area contributed by atoms with E-state index in [9.17, 15) is 18.3 Å². The van der Waals surface area contributed by atoms with E-state index in [1.165, 1.54) is 23.0 Å². The van der Waals surface area contributed by atoms with E-state index < -0.39 is 22.3 Å². The quantitative estimate of drug-likeness (QED) is 0.114. The van der Waals surface area contributed by atoms with Gasteiger partial charge in [-0.3, -0.25) is 4.57 Å². The number of rotatable bonds is 13. The molecule has 2 saturated heterocycles.